The van der Waals surface area contributed by atoms with Crippen LogP contribution in [0.3, 0.4) is 0 Å². The molecule has 1 saturated heterocycles. The van der Waals surface area contributed by atoms with E-state index in [0.717, 1.165) is 41.0 Å². The summed E-state index contributed by atoms with van der Waals surface area (Å²) in [7, 11) is 0. The lowest BCUT2D eigenvalue weighted by Crippen LogP contribution is -2.35. The molecule has 0 N–H and O–H groups in total. The molecule has 1 fully saturated rings. The van der Waals surface area contributed by atoms with Crippen molar-refractivity contribution in [3.63, 3.8) is 0 Å². The van der Waals surface area contributed by atoms with Crippen LogP contribution in [-0.2, 0) is 6.42 Å². The maximum atomic E-state index is 13.4. The van der Waals surface area contributed by atoms with Crippen molar-refractivity contribution in [3.8, 4) is 22.8 Å². The van der Waals surface area contributed by atoms with Gasteiger partial charge in [0.2, 0.25) is 6.79 Å². The van der Waals surface area contributed by atoms with Crippen molar-refractivity contribution >= 4 is 22.8 Å². The van der Waals surface area contributed by atoms with Crippen LogP contribution in [0.1, 0.15) is 28.2 Å². The Morgan fingerprint density at radius 2 is 1.62 bits per heavy atom. The highest BCUT2D eigenvalue weighted by molar-refractivity contribution is 5.98. The molecule has 0 bridgehead atoms. The van der Waals surface area contributed by atoms with Gasteiger partial charge in [-0.15, -0.1) is 0 Å². The molecule has 0 radical (unpaired) electrons. The molecule has 7 rings (SSSR count). The Morgan fingerprint density at radius 1 is 0.825 bits per heavy atom. The fraction of sp³-hybridized carbons (Fsp3) is 0.226. The van der Waals surface area contributed by atoms with E-state index >= 15 is 0 Å². The summed E-state index contributed by atoms with van der Waals surface area (Å²) in [5.41, 5.74) is 3.84. The van der Waals surface area contributed by atoms with Crippen molar-refractivity contribution in [1.82, 2.24) is 20.0 Å². The van der Waals surface area contributed by atoms with Gasteiger partial charge >= 0.3 is 0 Å². The average molecular weight is 534 g/mol. The van der Waals surface area contributed by atoms with Crippen LogP contribution in [-0.4, -0.2) is 58.9 Å². The highest BCUT2D eigenvalue weighted by Gasteiger charge is 2.27. The van der Waals surface area contributed by atoms with Gasteiger partial charge in [0.15, 0.2) is 11.5 Å². The third-order valence-electron chi connectivity index (χ3n) is 7.32. The van der Waals surface area contributed by atoms with Gasteiger partial charge in [-0.05, 0) is 30.2 Å². The molecule has 5 aromatic rings. The third-order valence-corrected chi connectivity index (χ3v) is 7.32. The van der Waals surface area contributed by atoms with E-state index < -0.39 is 0 Å². The molecule has 0 aliphatic carbocycles. The first-order valence-electron chi connectivity index (χ1n) is 13.4. The molecule has 2 aromatic heterocycles. The Hall–Kier alpha value is -4.92. The van der Waals surface area contributed by atoms with Crippen molar-refractivity contribution in [2.24, 2.45) is 0 Å². The van der Waals surface area contributed by atoms with Gasteiger partial charge in [-0.3, -0.25) is 4.79 Å². The third kappa shape index (κ3) is 4.59. The van der Waals surface area contributed by atoms with Crippen molar-refractivity contribution in [2.45, 2.75) is 12.8 Å². The zero-order chi connectivity index (χ0) is 26.9. The van der Waals surface area contributed by atoms with Gasteiger partial charge in [-0.25, -0.2) is 4.98 Å². The predicted molar refractivity (Wildman–Crippen MR) is 150 cm³/mol. The SMILES string of the molecule is O=C(c1ccc2c(c1)OCO2)N1CCCN(c2nc(Cc3ccccc3)nc3onc(-c4ccccc4)c23)CC1. The molecule has 4 heterocycles. The molecular formula is C31H27N5O4. The largest absolute Gasteiger partial charge is 0.454 e. The Morgan fingerprint density at radius 3 is 2.48 bits per heavy atom. The first kappa shape index (κ1) is 24.1. The fourth-order valence-corrected chi connectivity index (χ4v) is 5.30. The van der Waals surface area contributed by atoms with E-state index in [2.05, 4.69) is 22.2 Å². The van der Waals surface area contributed by atoms with E-state index in [1.165, 1.54) is 0 Å². The molecule has 9 heteroatoms. The van der Waals surface area contributed by atoms with E-state index in [1.807, 2.05) is 53.4 Å². The molecule has 1 amide bonds. The number of hydrogen-bond donors (Lipinski definition) is 0. The number of aromatic nitrogens is 3. The van der Waals surface area contributed by atoms with Crippen molar-refractivity contribution in [3.05, 3.63) is 95.8 Å². The number of fused-ring (bicyclic) bond motifs is 2. The number of nitrogens with zero attached hydrogens (tertiary/aromatic N) is 5. The molecule has 9 nitrogen and oxygen atoms in total. The van der Waals surface area contributed by atoms with E-state index in [1.54, 1.807) is 18.2 Å². The van der Waals surface area contributed by atoms with Crippen molar-refractivity contribution in [1.29, 1.82) is 0 Å². The summed E-state index contributed by atoms with van der Waals surface area (Å²) >= 11 is 0. The predicted octanol–water partition coefficient (Wildman–Crippen LogP) is 4.96. The highest BCUT2D eigenvalue weighted by Crippen LogP contribution is 2.35. The Kier molecular flexibility index (Phi) is 6.24. The molecule has 0 spiro atoms. The number of ether oxygens (including phenoxy) is 2. The molecule has 3 aromatic carbocycles. The average Bonchev–Trinajstić information content (AvgIpc) is 3.57. The minimum Gasteiger partial charge on any atom is -0.454 e. The van der Waals surface area contributed by atoms with Gasteiger partial charge in [0.05, 0.1) is 0 Å². The van der Waals surface area contributed by atoms with Gasteiger partial charge in [0, 0.05) is 43.7 Å². The number of anilines is 1. The van der Waals surface area contributed by atoms with Crippen LogP contribution in [0.25, 0.3) is 22.4 Å². The van der Waals surface area contributed by atoms with E-state index in [0.29, 0.717) is 54.7 Å². The fourth-order valence-electron chi connectivity index (χ4n) is 5.30. The van der Waals surface area contributed by atoms with Crippen LogP contribution in [0.5, 0.6) is 11.5 Å². The zero-order valence-corrected chi connectivity index (χ0v) is 21.8. The van der Waals surface area contributed by atoms with Crippen LogP contribution in [0, 0.1) is 0 Å². The van der Waals surface area contributed by atoms with Crippen molar-refractivity contribution in [2.75, 3.05) is 37.9 Å². The first-order valence-corrected chi connectivity index (χ1v) is 13.4. The zero-order valence-electron chi connectivity index (χ0n) is 21.8. The number of carbonyl (C=O) groups is 1. The number of hydrogen-bond acceptors (Lipinski definition) is 8. The molecular weight excluding hydrogens is 506 g/mol. The number of rotatable bonds is 5. The van der Waals surface area contributed by atoms with Gasteiger partial charge < -0.3 is 23.8 Å². The molecule has 0 atom stereocenters. The maximum Gasteiger partial charge on any atom is 0.263 e. The first-order chi connectivity index (χ1) is 19.7. The van der Waals surface area contributed by atoms with Crippen LogP contribution >= 0.6 is 0 Å². The van der Waals surface area contributed by atoms with E-state index in [4.69, 9.17) is 24.0 Å². The molecule has 40 heavy (non-hydrogen) atoms. The second kappa shape index (κ2) is 10.3. The van der Waals surface area contributed by atoms with Gasteiger partial charge in [-0.1, -0.05) is 65.8 Å². The van der Waals surface area contributed by atoms with E-state index in [-0.39, 0.29) is 12.7 Å². The monoisotopic (exact) mass is 533 g/mol. The highest BCUT2D eigenvalue weighted by atomic mass is 16.7. The second-order valence-corrected chi connectivity index (χ2v) is 9.90. The van der Waals surface area contributed by atoms with Gasteiger partial charge in [0.1, 0.15) is 22.7 Å². The Labute approximate surface area is 231 Å². The summed E-state index contributed by atoms with van der Waals surface area (Å²) in [5, 5.41) is 5.20. The number of carbonyl (C=O) groups excluding carboxylic acids is 1. The number of benzene rings is 3. The standard InChI is InChI=1S/C31H27N5O4/c37-31(23-12-13-24-25(19-23)39-20-38-24)36-15-7-14-35(16-17-36)29-27-28(22-10-5-2-6-11-22)34-40-30(27)33-26(32-29)18-21-8-3-1-4-9-21/h1-6,8-13,19H,7,14-18,20H2. The van der Waals surface area contributed by atoms with Crippen LogP contribution in [0.4, 0.5) is 5.82 Å². The summed E-state index contributed by atoms with van der Waals surface area (Å²) in [6, 6.07) is 25.4. The van der Waals surface area contributed by atoms with Crippen molar-refractivity contribution < 1.29 is 18.8 Å². The summed E-state index contributed by atoms with van der Waals surface area (Å²) in [4.78, 5) is 27.4. The minimum atomic E-state index is -0.0206. The molecule has 0 unspecified atom stereocenters. The minimum absolute atomic E-state index is 0.0206. The van der Waals surface area contributed by atoms with Crippen LogP contribution < -0.4 is 14.4 Å². The molecule has 0 saturated carbocycles. The molecule has 200 valence electrons. The molecule has 2 aliphatic rings. The normalized spacial score (nSPS) is 14.9. The van der Waals surface area contributed by atoms with E-state index in [9.17, 15) is 4.79 Å². The summed E-state index contributed by atoms with van der Waals surface area (Å²) in [6.07, 6.45) is 1.37. The smallest absolute Gasteiger partial charge is 0.263 e. The molecule has 2 aliphatic heterocycles. The summed E-state index contributed by atoms with van der Waals surface area (Å²) in [5.74, 6) is 2.71. The number of amides is 1. The quantitative estimate of drug-likeness (QED) is 0.313. The maximum absolute atomic E-state index is 13.4. The van der Waals surface area contributed by atoms with Crippen LogP contribution in [0.2, 0.25) is 0 Å². The summed E-state index contributed by atoms with van der Waals surface area (Å²) < 4.78 is 16.7. The lowest BCUT2D eigenvalue weighted by Gasteiger charge is -2.24. The Balaban J connectivity index is 1.21. The topological polar surface area (TPSA) is 93.8 Å². The van der Waals surface area contributed by atoms with Crippen LogP contribution in [0.15, 0.2) is 83.4 Å². The second-order valence-electron chi connectivity index (χ2n) is 9.90. The summed E-state index contributed by atoms with van der Waals surface area (Å²) in [6.45, 7) is 2.73. The lowest BCUT2D eigenvalue weighted by atomic mass is 10.1. The lowest BCUT2D eigenvalue weighted by molar-refractivity contribution is 0.0766. The Bertz CT molecular complexity index is 1670. The van der Waals surface area contributed by atoms with Gasteiger partial charge in [-0.2, -0.15) is 4.98 Å². The van der Waals surface area contributed by atoms with Gasteiger partial charge in [0.25, 0.3) is 11.6 Å².